The average Bonchev–Trinajstić information content (AvgIpc) is 2.55. The molecule has 1 aliphatic carbocycles. The zero-order valence-corrected chi connectivity index (χ0v) is 15.3. The standard InChI is InChI=1S/C10H20.C9H14.C2H6/c1-3-5-7-9-10-8-6-4-2;1-2-6-9-7-4-3-5-8-9;1-2/h3H,1,4-10H2,2H3;9H,3-5,7-8H2,1H3;1-2H3. The molecule has 0 aromatic heterocycles. The normalized spacial score (nSPS) is 13.7. The minimum Gasteiger partial charge on any atom is -0.106 e. The van der Waals surface area contributed by atoms with Gasteiger partial charge in [-0.1, -0.05) is 78.2 Å². The Balaban J connectivity index is 0. The summed E-state index contributed by atoms with van der Waals surface area (Å²) in [5.41, 5.74) is 0. The molecule has 0 N–H and O–H groups in total. The molecule has 0 unspecified atom stereocenters. The fraction of sp³-hybridized carbons (Fsp3) is 0.810. The van der Waals surface area contributed by atoms with Gasteiger partial charge in [-0.15, -0.1) is 18.4 Å². The maximum Gasteiger partial charge on any atom is 0.0202 e. The summed E-state index contributed by atoms with van der Waals surface area (Å²) in [7, 11) is 0. The summed E-state index contributed by atoms with van der Waals surface area (Å²) in [6.07, 6.45) is 18.5. The van der Waals surface area contributed by atoms with E-state index >= 15 is 0 Å². The lowest BCUT2D eigenvalue weighted by Gasteiger charge is -2.15. The lowest BCUT2D eigenvalue weighted by Crippen LogP contribution is -2.02. The van der Waals surface area contributed by atoms with Gasteiger partial charge in [0.05, 0.1) is 0 Å². The van der Waals surface area contributed by atoms with Crippen LogP contribution >= 0.6 is 0 Å². The van der Waals surface area contributed by atoms with Gasteiger partial charge in [0.2, 0.25) is 0 Å². The van der Waals surface area contributed by atoms with Crippen molar-refractivity contribution in [1.82, 2.24) is 0 Å². The maximum absolute atomic E-state index is 3.69. The Morgan fingerprint density at radius 3 is 2.05 bits per heavy atom. The van der Waals surface area contributed by atoms with E-state index in [1.807, 2.05) is 26.8 Å². The van der Waals surface area contributed by atoms with Crippen LogP contribution < -0.4 is 0 Å². The fourth-order valence-corrected chi connectivity index (χ4v) is 2.52. The highest BCUT2D eigenvalue weighted by Gasteiger charge is 2.09. The largest absolute Gasteiger partial charge is 0.106 e. The van der Waals surface area contributed by atoms with E-state index in [-0.39, 0.29) is 0 Å². The average molecular weight is 293 g/mol. The van der Waals surface area contributed by atoms with Crippen LogP contribution in [0.15, 0.2) is 12.7 Å². The SMILES string of the molecule is C=CCCCCCCCC.CC.CC#CC1CCCCC1. The summed E-state index contributed by atoms with van der Waals surface area (Å²) in [4.78, 5) is 0. The molecule has 0 amide bonds. The van der Waals surface area contributed by atoms with E-state index in [0.717, 1.165) is 5.92 Å². The molecule has 0 radical (unpaired) electrons. The summed E-state index contributed by atoms with van der Waals surface area (Å²) >= 11 is 0. The summed E-state index contributed by atoms with van der Waals surface area (Å²) in [6.45, 7) is 11.9. The van der Waals surface area contributed by atoms with Crippen LogP contribution in [0.25, 0.3) is 0 Å². The summed E-state index contributed by atoms with van der Waals surface area (Å²) < 4.78 is 0. The van der Waals surface area contributed by atoms with Crippen molar-refractivity contribution in [1.29, 1.82) is 0 Å². The fourth-order valence-electron chi connectivity index (χ4n) is 2.52. The molecule has 1 fully saturated rings. The first-order valence-electron chi connectivity index (χ1n) is 9.38. The van der Waals surface area contributed by atoms with Crippen LogP contribution in [-0.2, 0) is 0 Å². The Labute approximate surface area is 135 Å². The zero-order chi connectivity index (χ0) is 16.2. The Kier molecular flexibility index (Phi) is 23.2. The highest BCUT2D eigenvalue weighted by Crippen LogP contribution is 2.22. The Morgan fingerprint density at radius 1 is 0.952 bits per heavy atom. The molecule has 0 nitrogen and oxygen atoms in total. The van der Waals surface area contributed by atoms with E-state index in [0.29, 0.717) is 0 Å². The first kappa shape index (κ1) is 22.6. The third-order valence-electron chi connectivity index (χ3n) is 3.72. The molecule has 1 rings (SSSR count). The predicted octanol–water partition coefficient (Wildman–Crippen LogP) is 7.54. The molecular weight excluding hydrogens is 252 g/mol. The van der Waals surface area contributed by atoms with Crippen molar-refractivity contribution in [2.24, 2.45) is 5.92 Å². The molecule has 0 aromatic carbocycles. The van der Waals surface area contributed by atoms with Gasteiger partial charge in [-0.25, -0.2) is 0 Å². The molecule has 1 aliphatic rings. The quantitative estimate of drug-likeness (QED) is 0.258. The number of unbranched alkanes of at least 4 members (excludes halogenated alkanes) is 6. The smallest absolute Gasteiger partial charge is 0.0202 e. The van der Waals surface area contributed by atoms with Crippen LogP contribution in [0, 0.1) is 17.8 Å². The third-order valence-corrected chi connectivity index (χ3v) is 3.72. The molecular formula is C21H40. The van der Waals surface area contributed by atoms with Gasteiger partial charge in [-0.3, -0.25) is 0 Å². The van der Waals surface area contributed by atoms with E-state index < -0.39 is 0 Å². The van der Waals surface area contributed by atoms with Crippen molar-refractivity contribution in [2.45, 2.75) is 105 Å². The molecule has 0 heteroatoms. The lowest BCUT2D eigenvalue weighted by atomic mass is 9.90. The third kappa shape index (κ3) is 19.3. The monoisotopic (exact) mass is 292 g/mol. The highest BCUT2D eigenvalue weighted by molar-refractivity contribution is 5.01. The molecule has 0 bridgehead atoms. The van der Waals surface area contributed by atoms with Crippen molar-refractivity contribution < 1.29 is 0 Å². The van der Waals surface area contributed by atoms with Crippen molar-refractivity contribution in [3.8, 4) is 11.8 Å². The van der Waals surface area contributed by atoms with Crippen molar-refractivity contribution in [2.75, 3.05) is 0 Å². The summed E-state index contributed by atoms with van der Waals surface area (Å²) in [5.74, 6) is 6.96. The summed E-state index contributed by atoms with van der Waals surface area (Å²) in [6, 6.07) is 0. The van der Waals surface area contributed by atoms with Crippen LogP contribution in [0.3, 0.4) is 0 Å². The molecule has 0 saturated heterocycles. The molecule has 0 atom stereocenters. The second-order valence-corrected chi connectivity index (χ2v) is 5.57. The van der Waals surface area contributed by atoms with Gasteiger partial charge in [0.25, 0.3) is 0 Å². The molecule has 0 spiro atoms. The highest BCUT2D eigenvalue weighted by atomic mass is 14.1. The topological polar surface area (TPSA) is 0 Å². The second kappa shape index (κ2) is 21.6. The van der Waals surface area contributed by atoms with E-state index in [1.54, 1.807) is 0 Å². The zero-order valence-electron chi connectivity index (χ0n) is 15.3. The number of allylic oxidation sites excluding steroid dienone is 1. The van der Waals surface area contributed by atoms with Crippen molar-refractivity contribution in [3.05, 3.63) is 12.7 Å². The van der Waals surface area contributed by atoms with Gasteiger partial charge in [0.15, 0.2) is 0 Å². The first-order valence-corrected chi connectivity index (χ1v) is 9.38. The minimum absolute atomic E-state index is 0.740. The van der Waals surface area contributed by atoms with Gasteiger partial charge < -0.3 is 0 Å². The van der Waals surface area contributed by atoms with Crippen LogP contribution in [0.2, 0.25) is 0 Å². The predicted molar refractivity (Wildman–Crippen MR) is 99.6 cm³/mol. The van der Waals surface area contributed by atoms with Gasteiger partial charge in [0, 0.05) is 5.92 Å². The molecule has 21 heavy (non-hydrogen) atoms. The van der Waals surface area contributed by atoms with Gasteiger partial charge in [-0.2, -0.15) is 0 Å². The first-order chi connectivity index (χ1) is 10.3. The molecule has 0 heterocycles. The van der Waals surface area contributed by atoms with E-state index in [2.05, 4.69) is 25.3 Å². The van der Waals surface area contributed by atoms with Gasteiger partial charge in [0.1, 0.15) is 0 Å². The van der Waals surface area contributed by atoms with E-state index in [1.165, 1.54) is 77.0 Å². The second-order valence-electron chi connectivity index (χ2n) is 5.57. The van der Waals surface area contributed by atoms with Gasteiger partial charge >= 0.3 is 0 Å². The Bertz CT molecular complexity index is 234. The number of rotatable bonds is 7. The van der Waals surface area contributed by atoms with E-state index in [9.17, 15) is 0 Å². The van der Waals surface area contributed by atoms with Crippen LogP contribution in [-0.4, -0.2) is 0 Å². The van der Waals surface area contributed by atoms with Crippen molar-refractivity contribution in [3.63, 3.8) is 0 Å². The number of hydrogen-bond acceptors (Lipinski definition) is 0. The lowest BCUT2D eigenvalue weighted by molar-refractivity contribution is 0.430. The Hall–Kier alpha value is -0.700. The molecule has 0 aliphatic heterocycles. The van der Waals surface area contributed by atoms with Crippen LogP contribution in [0.5, 0.6) is 0 Å². The summed E-state index contributed by atoms with van der Waals surface area (Å²) in [5, 5.41) is 0. The number of hydrogen-bond donors (Lipinski definition) is 0. The molecule has 1 saturated carbocycles. The maximum atomic E-state index is 3.69. The Morgan fingerprint density at radius 2 is 1.52 bits per heavy atom. The van der Waals surface area contributed by atoms with E-state index in [4.69, 9.17) is 0 Å². The minimum atomic E-state index is 0.740. The van der Waals surface area contributed by atoms with Crippen LogP contribution in [0.1, 0.15) is 105 Å². The van der Waals surface area contributed by atoms with Gasteiger partial charge in [-0.05, 0) is 32.6 Å². The van der Waals surface area contributed by atoms with Crippen LogP contribution in [0.4, 0.5) is 0 Å². The van der Waals surface area contributed by atoms with Crippen molar-refractivity contribution >= 4 is 0 Å². The molecule has 124 valence electrons. The molecule has 0 aromatic rings.